The van der Waals surface area contributed by atoms with E-state index < -0.39 is 0 Å². The second-order valence-corrected chi connectivity index (χ2v) is 8.08. The van der Waals surface area contributed by atoms with E-state index >= 15 is 0 Å². The number of Topliss-reactive ketones (excluding diaryl/α,β-unsaturated/α-hetero) is 1. The molecule has 2 heterocycles. The van der Waals surface area contributed by atoms with Gasteiger partial charge >= 0.3 is 0 Å². The number of hydrazone groups is 1. The predicted molar refractivity (Wildman–Crippen MR) is 138 cm³/mol. The molecular weight excluding hydrogens is 438 g/mol. The minimum absolute atomic E-state index is 0.0213. The van der Waals surface area contributed by atoms with Gasteiger partial charge in [-0.1, -0.05) is 84.9 Å². The van der Waals surface area contributed by atoms with Gasteiger partial charge < -0.3 is 0 Å². The van der Waals surface area contributed by atoms with Gasteiger partial charge in [-0.25, -0.2) is 4.98 Å². The number of nitrogens with one attached hydrogen (secondary N) is 1. The van der Waals surface area contributed by atoms with Crippen LogP contribution in [0.15, 0.2) is 119 Å². The molecule has 1 N–H and O–H groups in total. The maximum absolute atomic E-state index is 13.5. The predicted octanol–water partition coefficient (Wildman–Crippen LogP) is 4.96. The SMILES string of the molecule is O=C(C1=NN(c2ccccc2)c2nc(-c3ccccc3)cc(=O)n2N1)c1ccc2ccccc2c1. The van der Waals surface area contributed by atoms with Gasteiger partial charge in [0.25, 0.3) is 11.5 Å². The fourth-order valence-corrected chi connectivity index (χ4v) is 4.05. The summed E-state index contributed by atoms with van der Waals surface area (Å²) in [4.78, 5) is 31.4. The Balaban J connectivity index is 1.48. The fraction of sp³-hybridized carbons (Fsp3) is 0. The van der Waals surface area contributed by atoms with Crippen LogP contribution >= 0.6 is 0 Å². The first-order valence-electron chi connectivity index (χ1n) is 11.1. The number of aromatic nitrogens is 2. The number of hydrogen-bond acceptors (Lipinski definition) is 6. The molecule has 35 heavy (non-hydrogen) atoms. The highest BCUT2D eigenvalue weighted by Crippen LogP contribution is 2.28. The molecule has 0 saturated heterocycles. The fourth-order valence-electron chi connectivity index (χ4n) is 4.05. The second-order valence-electron chi connectivity index (χ2n) is 8.08. The van der Waals surface area contributed by atoms with Crippen molar-refractivity contribution in [2.24, 2.45) is 5.10 Å². The van der Waals surface area contributed by atoms with Gasteiger partial charge in [0.05, 0.1) is 11.4 Å². The average Bonchev–Trinajstić information content (AvgIpc) is 2.93. The average molecular weight is 457 g/mol. The Morgan fingerprint density at radius 2 is 1.43 bits per heavy atom. The summed E-state index contributed by atoms with van der Waals surface area (Å²) in [5.41, 5.74) is 5.00. The number of carbonyl (C=O) groups is 1. The van der Waals surface area contributed by atoms with E-state index in [1.54, 1.807) is 6.07 Å². The molecule has 5 aromatic rings. The van der Waals surface area contributed by atoms with Crippen LogP contribution in [0.2, 0.25) is 0 Å². The van der Waals surface area contributed by atoms with Crippen LogP contribution in [0.4, 0.5) is 11.6 Å². The van der Waals surface area contributed by atoms with Crippen molar-refractivity contribution in [3.8, 4) is 11.3 Å². The van der Waals surface area contributed by atoms with Crippen LogP contribution < -0.4 is 16.0 Å². The van der Waals surface area contributed by atoms with Gasteiger partial charge in [0, 0.05) is 17.2 Å². The zero-order valence-electron chi connectivity index (χ0n) is 18.5. The molecule has 1 aliphatic heterocycles. The van der Waals surface area contributed by atoms with Gasteiger partial charge in [-0.3, -0.25) is 15.0 Å². The van der Waals surface area contributed by atoms with E-state index in [2.05, 4.69) is 10.5 Å². The monoisotopic (exact) mass is 457 g/mol. The molecule has 6 rings (SSSR count). The van der Waals surface area contributed by atoms with Crippen LogP contribution in [0.1, 0.15) is 10.4 Å². The first-order valence-corrected chi connectivity index (χ1v) is 11.1. The lowest BCUT2D eigenvalue weighted by Gasteiger charge is -2.28. The number of carbonyl (C=O) groups excluding carboxylic acids is 1. The van der Waals surface area contributed by atoms with Crippen LogP contribution in [-0.2, 0) is 0 Å². The van der Waals surface area contributed by atoms with Crippen molar-refractivity contribution in [2.75, 3.05) is 10.4 Å². The van der Waals surface area contributed by atoms with Crippen molar-refractivity contribution in [3.63, 3.8) is 0 Å². The molecular formula is C28H19N5O2. The van der Waals surface area contributed by atoms with Gasteiger partial charge in [-0.05, 0) is 29.0 Å². The minimum Gasteiger partial charge on any atom is -0.285 e. The third-order valence-corrected chi connectivity index (χ3v) is 5.81. The molecule has 0 radical (unpaired) electrons. The van der Waals surface area contributed by atoms with Gasteiger partial charge in [-0.15, -0.1) is 5.10 Å². The standard InChI is InChI=1S/C28H19N5O2/c34-25-18-24(20-10-3-1-4-11-20)29-28-32(23-13-5-2-6-14-23)30-27(31-33(25)28)26(35)22-16-15-19-9-7-8-12-21(19)17-22/h1-18H,(H,30,31). The molecule has 0 spiro atoms. The Kier molecular flexibility index (Phi) is 4.93. The number of fused-ring (bicyclic) bond motifs is 2. The Hall–Kier alpha value is -5.04. The minimum atomic E-state index is -0.353. The van der Waals surface area contributed by atoms with Crippen molar-refractivity contribution in [1.82, 2.24) is 9.66 Å². The van der Waals surface area contributed by atoms with Gasteiger partial charge in [-0.2, -0.15) is 9.69 Å². The molecule has 168 valence electrons. The number of para-hydroxylation sites is 1. The first kappa shape index (κ1) is 20.6. The first-order chi connectivity index (χ1) is 17.2. The lowest BCUT2D eigenvalue weighted by molar-refractivity contribution is 0.106. The van der Waals surface area contributed by atoms with E-state index in [1.165, 1.54) is 15.8 Å². The van der Waals surface area contributed by atoms with Crippen molar-refractivity contribution < 1.29 is 4.79 Å². The summed E-state index contributed by atoms with van der Waals surface area (Å²) in [6.45, 7) is 0. The van der Waals surface area contributed by atoms with E-state index in [-0.39, 0.29) is 23.1 Å². The van der Waals surface area contributed by atoms with Crippen molar-refractivity contribution in [3.05, 3.63) is 125 Å². The molecule has 7 heteroatoms. The smallest absolute Gasteiger partial charge is 0.274 e. The largest absolute Gasteiger partial charge is 0.285 e. The molecule has 0 amide bonds. The van der Waals surface area contributed by atoms with Crippen LogP contribution in [0, 0.1) is 0 Å². The molecule has 0 aliphatic carbocycles. The zero-order valence-corrected chi connectivity index (χ0v) is 18.5. The topological polar surface area (TPSA) is 79.6 Å². The van der Waals surface area contributed by atoms with Gasteiger partial charge in [0.1, 0.15) is 0 Å². The highest BCUT2D eigenvalue weighted by molar-refractivity contribution is 6.48. The number of nitrogens with zero attached hydrogens (tertiary/aromatic N) is 4. The van der Waals surface area contributed by atoms with Crippen molar-refractivity contribution in [1.29, 1.82) is 0 Å². The Morgan fingerprint density at radius 1 is 0.743 bits per heavy atom. The normalized spacial score (nSPS) is 12.6. The van der Waals surface area contributed by atoms with Crippen molar-refractivity contribution >= 4 is 34.0 Å². The molecule has 0 atom stereocenters. The third kappa shape index (κ3) is 3.75. The zero-order chi connectivity index (χ0) is 23.8. The van der Waals surface area contributed by atoms with Gasteiger partial charge in [0.15, 0.2) is 0 Å². The quantitative estimate of drug-likeness (QED) is 0.386. The number of anilines is 2. The third-order valence-electron chi connectivity index (χ3n) is 5.81. The lowest BCUT2D eigenvalue weighted by Crippen LogP contribution is -2.44. The van der Waals surface area contributed by atoms with E-state index in [0.29, 0.717) is 16.9 Å². The molecule has 0 saturated carbocycles. The molecule has 0 bridgehead atoms. The van der Waals surface area contributed by atoms with Crippen LogP contribution in [0.5, 0.6) is 0 Å². The maximum atomic E-state index is 13.5. The Morgan fingerprint density at radius 3 is 2.20 bits per heavy atom. The highest BCUT2D eigenvalue weighted by atomic mass is 16.1. The second kappa shape index (κ2) is 8.39. The van der Waals surface area contributed by atoms with E-state index in [0.717, 1.165) is 16.3 Å². The number of amidine groups is 1. The number of rotatable bonds is 4. The molecule has 7 nitrogen and oxygen atoms in total. The molecule has 0 unspecified atom stereocenters. The summed E-state index contributed by atoms with van der Waals surface area (Å²) >= 11 is 0. The van der Waals surface area contributed by atoms with Gasteiger partial charge in [0.2, 0.25) is 11.6 Å². The summed E-state index contributed by atoms with van der Waals surface area (Å²) in [5.74, 6) is -0.0491. The van der Waals surface area contributed by atoms with E-state index in [4.69, 9.17) is 4.98 Å². The molecule has 1 aliphatic rings. The molecule has 4 aromatic carbocycles. The summed E-state index contributed by atoms with van der Waals surface area (Å²) in [7, 11) is 0. The van der Waals surface area contributed by atoms with Crippen LogP contribution in [0.25, 0.3) is 22.0 Å². The molecule has 0 fully saturated rings. The Bertz CT molecular complexity index is 1660. The van der Waals surface area contributed by atoms with E-state index in [9.17, 15) is 9.59 Å². The number of benzene rings is 4. The van der Waals surface area contributed by atoms with Crippen LogP contribution in [0.3, 0.4) is 0 Å². The van der Waals surface area contributed by atoms with Crippen LogP contribution in [-0.4, -0.2) is 21.3 Å². The highest BCUT2D eigenvalue weighted by Gasteiger charge is 2.28. The lowest BCUT2D eigenvalue weighted by atomic mass is 10.0. The summed E-state index contributed by atoms with van der Waals surface area (Å²) in [6, 6.07) is 33.5. The molecule has 1 aromatic heterocycles. The van der Waals surface area contributed by atoms with Crippen molar-refractivity contribution in [2.45, 2.75) is 0 Å². The summed E-state index contributed by atoms with van der Waals surface area (Å²) in [5, 5.41) is 8.09. The number of hydrogen-bond donors (Lipinski definition) is 1. The summed E-state index contributed by atoms with van der Waals surface area (Å²) in [6.07, 6.45) is 0. The summed E-state index contributed by atoms with van der Waals surface area (Å²) < 4.78 is 1.25. The van der Waals surface area contributed by atoms with E-state index in [1.807, 2.05) is 97.1 Å². The maximum Gasteiger partial charge on any atom is 0.274 e. The Labute approximate surface area is 200 Å². The number of ketones is 1.